The fourth-order valence-corrected chi connectivity index (χ4v) is 2.45. The molecule has 1 amide bonds. The van der Waals surface area contributed by atoms with E-state index in [0.717, 1.165) is 51.3 Å². The van der Waals surface area contributed by atoms with Crippen LogP contribution in [0.2, 0.25) is 0 Å². The zero-order valence-electron chi connectivity index (χ0n) is 12.6. The van der Waals surface area contributed by atoms with Crippen LogP contribution in [0.1, 0.15) is 51.4 Å². The summed E-state index contributed by atoms with van der Waals surface area (Å²) in [5.74, 6) is 1.64. The van der Waals surface area contributed by atoms with Crippen molar-refractivity contribution in [3.8, 4) is 0 Å². The second-order valence-corrected chi connectivity index (χ2v) is 5.37. The molecule has 1 saturated heterocycles. The van der Waals surface area contributed by atoms with Gasteiger partial charge in [0.1, 0.15) is 0 Å². The first-order chi connectivity index (χ1) is 9.61. The molecule has 2 rings (SSSR count). The van der Waals surface area contributed by atoms with Crippen LogP contribution in [0.3, 0.4) is 0 Å². The molecule has 1 unspecified atom stereocenters. The Kier molecular flexibility index (Phi) is 5.11. The minimum atomic E-state index is 0.118. The minimum Gasteiger partial charge on any atom is -0.340 e. The van der Waals surface area contributed by atoms with E-state index in [1.165, 1.54) is 0 Å². The molecule has 6 heteroatoms. The van der Waals surface area contributed by atoms with Crippen molar-refractivity contribution >= 4 is 5.91 Å². The summed E-state index contributed by atoms with van der Waals surface area (Å²) in [5.41, 5.74) is 0. The van der Waals surface area contributed by atoms with Gasteiger partial charge in [-0.3, -0.25) is 9.69 Å². The molecular weight excluding hydrogens is 256 g/mol. The monoisotopic (exact) mass is 280 g/mol. The summed E-state index contributed by atoms with van der Waals surface area (Å²) in [6, 6.07) is 0.118. The van der Waals surface area contributed by atoms with E-state index in [4.69, 9.17) is 4.52 Å². The van der Waals surface area contributed by atoms with Crippen LogP contribution in [-0.4, -0.2) is 52.0 Å². The van der Waals surface area contributed by atoms with Gasteiger partial charge in [-0.2, -0.15) is 4.98 Å². The Labute approximate surface area is 120 Å². The second-order valence-electron chi connectivity index (χ2n) is 5.37. The van der Waals surface area contributed by atoms with Crippen LogP contribution >= 0.6 is 0 Å². The first-order valence-electron chi connectivity index (χ1n) is 7.44. The first-order valence-corrected chi connectivity index (χ1v) is 7.44. The fraction of sp³-hybridized carbons (Fsp3) is 0.786. The van der Waals surface area contributed by atoms with Gasteiger partial charge in [0.2, 0.25) is 11.8 Å². The number of carbonyl (C=O) groups is 1. The third kappa shape index (κ3) is 3.56. The van der Waals surface area contributed by atoms with Gasteiger partial charge in [0.25, 0.3) is 0 Å². The minimum absolute atomic E-state index is 0.118. The van der Waals surface area contributed by atoms with Crippen molar-refractivity contribution in [1.29, 1.82) is 0 Å². The number of hydrogen-bond acceptors (Lipinski definition) is 5. The van der Waals surface area contributed by atoms with Crippen LogP contribution in [0.5, 0.6) is 0 Å². The molecule has 6 nitrogen and oxygen atoms in total. The van der Waals surface area contributed by atoms with Crippen LogP contribution in [0.15, 0.2) is 4.52 Å². The second kappa shape index (κ2) is 6.83. The molecule has 0 aliphatic carbocycles. The number of nitrogens with zero attached hydrogens (tertiary/aromatic N) is 4. The molecule has 0 N–H and O–H groups in total. The highest BCUT2D eigenvalue weighted by atomic mass is 16.5. The van der Waals surface area contributed by atoms with E-state index in [0.29, 0.717) is 5.89 Å². The van der Waals surface area contributed by atoms with E-state index in [2.05, 4.69) is 28.9 Å². The third-order valence-electron chi connectivity index (χ3n) is 3.90. The highest BCUT2D eigenvalue weighted by molar-refractivity contribution is 5.73. The largest absolute Gasteiger partial charge is 0.340 e. The lowest BCUT2D eigenvalue weighted by Gasteiger charge is -2.36. The predicted molar refractivity (Wildman–Crippen MR) is 75.2 cm³/mol. The first kappa shape index (κ1) is 15.0. The molecule has 1 aromatic heterocycles. The standard InChI is InChI=1S/C14H24N4O2/c1-4-5-6-13-15-14(20-16-13)11(2)17-7-9-18(10-8-17)12(3)19/h11H,4-10H2,1-3H3. The van der Waals surface area contributed by atoms with Crippen LogP contribution in [0.4, 0.5) is 0 Å². The van der Waals surface area contributed by atoms with Gasteiger partial charge in [-0.05, 0) is 13.3 Å². The molecule has 1 atom stereocenters. The summed E-state index contributed by atoms with van der Waals surface area (Å²) in [6.45, 7) is 9.11. The number of aromatic nitrogens is 2. The van der Waals surface area contributed by atoms with Gasteiger partial charge < -0.3 is 9.42 Å². The van der Waals surface area contributed by atoms with E-state index in [1.807, 2.05) is 4.90 Å². The predicted octanol–water partition coefficient (Wildman–Crippen LogP) is 1.64. The molecule has 0 spiro atoms. The maximum Gasteiger partial charge on any atom is 0.243 e. The molecule has 1 fully saturated rings. The molecule has 0 radical (unpaired) electrons. The van der Waals surface area contributed by atoms with Crippen molar-refractivity contribution in [2.45, 2.75) is 46.1 Å². The maximum absolute atomic E-state index is 11.3. The lowest BCUT2D eigenvalue weighted by molar-refractivity contribution is -0.130. The number of piperazine rings is 1. The molecule has 0 bridgehead atoms. The van der Waals surface area contributed by atoms with Crippen LogP contribution < -0.4 is 0 Å². The topological polar surface area (TPSA) is 62.5 Å². The Hall–Kier alpha value is -1.43. The van der Waals surface area contributed by atoms with Crippen LogP contribution in [0.25, 0.3) is 0 Å². The Morgan fingerprint density at radius 1 is 1.35 bits per heavy atom. The van der Waals surface area contributed by atoms with Gasteiger partial charge in [0.05, 0.1) is 6.04 Å². The Balaban J connectivity index is 1.89. The quantitative estimate of drug-likeness (QED) is 0.820. The summed E-state index contributed by atoms with van der Waals surface area (Å²) >= 11 is 0. The van der Waals surface area contributed by atoms with Crippen molar-refractivity contribution in [3.63, 3.8) is 0 Å². The lowest BCUT2D eigenvalue weighted by Crippen LogP contribution is -2.48. The summed E-state index contributed by atoms with van der Waals surface area (Å²) in [5, 5.41) is 4.04. The van der Waals surface area contributed by atoms with E-state index in [1.54, 1.807) is 6.92 Å². The van der Waals surface area contributed by atoms with Crippen LogP contribution in [0, 0.1) is 0 Å². The van der Waals surface area contributed by atoms with Gasteiger partial charge in [0, 0.05) is 39.5 Å². The smallest absolute Gasteiger partial charge is 0.243 e. The molecule has 112 valence electrons. The van der Waals surface area contributed by atoms with Gasteiger partial charge in [0.15, 0.2) is 5.82 Å². The molecule has 1 aliphatic heterocycles. The summed E-state index contributed by atoms with van der Waals surface area (Å²) in [4.78, 5) is 20.0. The SMILES string of the molecule is CCCCc1noc(C(C)N2CCN(C(C)=O)CC2)n1. The molecule has 0 saturated carbocycles. The summed E-state index contributed by atoms with van der Waals surface area (Å²) in [7, 11) is 0. The molecule has 0 aromatic carbocycles. The molecule has 1 aromatic rings. The van der Waals surface area contributed by atoms with Gasteiger partial charge in [-0.1, -0.05) is 18.5 Å². The van der Waals surface area contributed by atoms with Gasteiger partial charge in [-0.15, -0.1) is 0 Å². The van der Waals surface area contributed by atoms with Crippen LogP contribution in [-0.2, 0) is 11.2 Å². The van der Waals surface area contributed by atoms with Gasteiger partial charge >= 0.3 is 0 Å². The normalized spacial score (nSPS) is 18.2. The van der Waals surface area contributed by atoms with Crippen molar-refractivity contribution in [3.05, 3.63) is 11.7 Å². The lowest BCUT2D eigenvalue weighted by atomic mass is 10.2. The highest BCUT2D eigenvalue weighted by Gasteiger charge is 2.26. The molecular formula is C14H24N4O2. The van der Waals surface area contributed by atoms with E-state index in [-0.39, 0.29) is 11.9 Å². The van der Waals surface area contributed by atoms with E-state index < -0.39 is 0 Å². The molecule has 2 heterocycles. The number of unbranched alkanes of at least 4 members (excludes halogenated alkanes) is 1. The zero-order chi connectivity index (χ0) is 14.5. The van der Waals surface area contributed by atoms with Gasteiger partial charge in [-0.25, -0.2) is 0 Å². The summed E-state index contributed by atoms with van der Waals surface area (Å²) < 4.78 is 5.37. The number of hydrogen-bond donors (Lipinski definition) is 0. The number of amides is 1. The number of carbonyl (C=O) groups excluding carboxylic acids is 1. The Morgan fingerprint density at radius 3 is 2.65 bits per heavy atom. The Morgan fingerprint density at radius 2 is 2.05 bits per heavy atom. The molecule has 20 heavy (non-hydrogen) atoms. The zero-order valence-corrected chi connectivity index (χ0v) is 12.6. The average Bonchev–Trinajstić information content (AvgIpc) is 2.93. The number of rotatable bonds is 5. The number of aryl methyl sites for hydroxylation is 1. The fourth-order valence-electron chi connectivity index (χ4n) is 2.45. The van der Waals surface area contributed by atoms with Crippen molar-refractivity contribution in [2.75, 3.05) is 26.2 Å². The summed E-state index contributed by atoms with van der Waals surface area (Å²) in [6.07, 6.45) is 3.10. The third-order valence-corrected chi connectivity index (χ3v) is 3.90. The van der Waals surface area contributed by atoms with E-state index in [9.17, 15) is 4.79 Å². The average molecular weight is 280 g/mol. The van der Waals surface area contributed by atoms with Crippen molar-refractivity contribution < 1.29 is 9.32 Å². The highest BCUT2D eigenvalue weighted by Crippen LogP contribution is 2.20. The van der Waals surface area contributed by atoms with E-state index >= 15 is 0 Å². The van der Waals surface area contributed by atoms with Crippen molar-refractivity contribution in [1.82, 2.24) is 19.9 Å². The maximum atomic E-state index is 11.3. The Bertz CT molecular complexity index is 438. The molecule has 1 aliphatic rings. The van der Waals surface area contributed by atoms with Crippen molar-refractivity contribution in [2.24, 2.45) is 0 Å².